The SMILES string of the molecule is N#Cc1ccccc1OCCN1CC(=O)NC(=O)C1. The molecule has 0 aliphatic carbocycles. The molecule has 1 saturated heterocycles. The number of rotatable bonds is 4. The number of para-hydroxylation sites is 1. The molecular weight excluding hydrogens is 246 g/mol. The second-order valence-electron chi connectivity index (χ2n) is 4.14. The van der Waals surface area contributed by atoms with E-state index in [1.165, 1.54) is 0 Å². The smallest absolute Gasteiger partial charge is 0.240 e. The van der Waals surface area contributed by atoms with Crippen molar-refractivity contribution >= 4 is 11.8 Å². The van der Waals surface area contributed by atoms with Gasteiger partial charge in [0.1, 0.15) is 18.4 Å². The zero-order valence-corrected chi connectivity index (χ0v) is 10.3. The third-order valence-corrected chi connectivity index (χ3v) is 2.69. The highest BCUT2D eigenvalue weighted by atomic mass is 16.5. The molecule has 0 saturated carbocycles. The van der Waals surface area contributed by atoms with Crippen molar-refractivity contribution in [3.63, 3.8) is 0 Å². The molecular formula is C13H13N3O3. The van der Waals surface area contributed by atoms with E-state index in [2.05, 4.69) is 5.32 Å². The first-order chi connectivity index (χ1) is 9.19. The third kappa shape index (κ3) is 3.53. The summed E-state index contributed by atoms with van der Waals surface area (Å²) in [6.45, 7) is 1.15. The number of carbonyl (C=O) groups is 2. The molecule has 1 aliphatic heterocycles. The highest BCUT2D eigenvalue weighted by Gasteiger charge is 2.21. The number of nitrogens with one attached hydrogen (secondary N) is 1. The Morgan fingerprint density at radius 2 is 1.95 bits per heavy atom. The van der Waals surface area contributed by atoms with Gasteiger partial charge in [-0.3, -0.25) is 19.8 Å². The number of amides is 2. The van der Waals surface area contributed by atoms with E-state index in [0.717, 1.165) is 0 Å². The molecule has 6 nitrogen and oxygen atoms in total. The van der Waals surface area contributed by atoms with Gasteiger partial charge < -0.3 is 4.74 Å². The summed E-state index contributed by atoms with van der Waals surface area (Å²) in [6, 6.07) is 8.98. The molecule has 2 rings (SSSR count). The molecule has 1 fully saturated rings. The Hall–Kier alpha value is -2.39. The highest BCUT2D eigenvalue weighted by molar-refractivity contribution is 5.99. The summed E-state index contributed by atoms with van der Waals surface area (Å²) in [7, 11) is 0. The average molecular weight is 259 g/mol. The number of imide groups is 1. The van der Waals surface area contributed by atoms with Gasteiger partial charge in [0, 0.05) is 6.54 Å². The number of nitrogens with zero attached hydrogens (tertiary/aromatic N) is 2. The average Bonchev–Trinajstić information content (AvgIpc) is 2.38. The van der Waals surface area contributed by atoms with Gasteiger partial charge in [0.15, 0.2) is 0 Å². The van der Waals surface area contributed by atoms with Crippen LogP contribution in [0.15, 0.2) is 24.3 Å². The van der Waals surface area contributed by atoms with E-state index in [9.17, 15) is 9.59 Å². The Bertz CT molecular complexity index is 520. The van der Waals surface area contributed by atoms with Gasteiger partial charge >= 0.3 is 0 Å². The molecule has 0 atom stereocenters. The summed E-state index contributed by atoms with van der Waals surface area (Å²) >= 11 is 0. The van der Waals surface area contributed by atoms with Gasteiger partial charge in [-0.2, -0.15) is 5.26 Å². The van der Waals surface area contributed by atoms with Crippen molar-refractivity contribution in [3.8, 4) is 11.8 Å². The largest absolute Gasteiger partial charge is 0.491 e. The van der Waals surface area contributed by atoms with Crippen LogP contribution in [-0.4, -0.2) is 43.0 Å². The predicted octanol–water partition coefficient (Wildman–Crippen LogP) is -0.105. The van der Waals surface area contributed by atoms with Gasteiger partial charge in [0.25, 0.3) is 0 Å². The molecule has 0 unspecified atom stereocenters. The van der Waals surface area contributed by atoms with Crippen molar-refractivity contribution < 1.29 is 14.3 Å². The van der Waals surface area contributed by atoms with E-state index in [1.54, 1.807) is 29.2 Å². The van der Waals surface area contributed by atoms with Crippen LogP contribution in [0.25, 0.3) is 0 Å². The summed E-state index contributed by atoms with van der Waals surface area (Å²) in [6.07, 6.45) is 0. The van der Waals surface area contributed by atoms with Crippen molar-refractivity contribution in [1.29, 1.82) is 5.26 Å². The Kier molecular flexibility index (Phi) is 4.11. The van der Waals surface area contributed by atoms with Crippen molar-refractivity contribution in [1.82, 2.24) is 10.2 Å². The van der Waals surface area contributed by atoms with Crippen LogP contribution in [0, 0.1) is 11.3 Å². The molecule has 1 heterocycles. The van der Waals surface area contributed by atoms with Crippen LogP contribution in [0.1, 0.15) is 5.56 Å². The minimum Gasteiger partial charge on any atom is -0.491 e. The molecule has 6 heteroatoms. The standard InChI is InChI=1S/C13H13N3O3/c14-7-10-3-1-2-4-11(10)19-6-5-16-8-12(17)15-13(18)9-16/h1-4H,5-6,8-9H2,(H,15,17,18). The lowest BCUT2D eigenvalue weighted by Crippen LogP contribution is -2.52. The molecule has 2 amide bonds. The molecule has 1 aromatic rings. The van der Waals surface area contributed by atoms with Gasteiger partial charge in [0.2, 0.25) is 11.8 Å². The fourth-order valence-corrected chi connectivity index (χ4v) is 1.82. The van der Waals surface area contributed by atoms with Gasteiger partial charge in [-0.25, -0.2) is 0 Å². The van der Waals surface area contributed by atoms with Crippen LogP contribution in [0.4, 0.5) is 0 Å². The van der Waals surface area contributed by atoms with Crippen LogP contribution in [0.3, 0.4) is 0 Å². The Labute approximate surface area is 110 Å². The number of carbonyl (C=O) groups excluding carboxylic acids is 2. The molecule has 19 heavy (non-hydrogen) atoms. The quantitative estimate of drug-likeness (QED) is 0.763. The third-order valence-electron chi connectivity index (χ3n) is 2.69. The first kappa shape index (κ1) is 13.1. The van der Waals surface area contributed by atoms with Crippen molar-refractivity contribution in [2.24, 2.45) is 0 Å². The summed E-state index contributed by atoms with van der Waals surface area (Å²) < 4.78 is 5.49. The van der Waals surface area contributed by atoms with E-state index in [4.69, 9.17) is 10.00 Å². The summed E-state index contributed by atoms with van der Waals surface area (Å²) in [5, 5.41) is 11.1. The van der Waals surface area contributed by atoms with E-state index in [0.29, 0.717) is 24.5 Å². The summed E-state index contributed by atoms with van der Waals surface area (Å²) in [4.78, 5) is 24.0. The Balaban J connectivity index is 1.85. The topological polar surface area (TPSA) is 82.4 Å². The van der Waals surface area contributed by atoms with Gasteiger partial charge in [0.05, 0.1) is 18.7 Å². The maximum absolute atomic E-state index is 11.2. The Morgan fingerprint density at radius 1 is 1.26 bits per heavy atom. The first-order valence-electron chi connectivity index (χ1n) is 5.86. The summed E-state index contributed by atoms with van der Waals surface area (Å²) in [5.41, 5.74) is 0.468. The van der Waals surface area contributed by atoms with E-state index in [1.807, 2.05) is 6.07 Å². The minimum absolute atomic E-state index is 0.189. The predicted molar refractivity (Wildman–Crippen MR) is 66.2 cm³/mol. The highest BCUT2D eigenvalue weighted by Crippen LogP contribution is 2.16. The second kappa shape index (κ2) is 5.98. The lowest BCUT2D eigenvalue weighted by atomic mass is 10.2. The first-order valence-corrected chi connectivity index (χ1v) is 5.86. The second-order valence-corrected chi connectivity index (χ2v) is 4.14. The fourth-order valence-electron chi connectivity index (χ4n) is 1.82. The van der Waals surface area contributed by atoms with Crippen molar-refractivity contribution in [3.05, 3.63) is 29.8 Å². The van der Waals surface area contributed by atoms with Crippen LogP contribution < -0.4 is 10.1 Å². The zero-order valence-electron chi connectivity index (χ0n) is 10.3. The summed E-state index contributed by atoms with van der Waals surface area (Å²) in [5.74, 6) is -0.0832. The molecule has 98 valence electrons. The molecule has 0 aromatic heterocycles. The molecule has 1 aromatic carbocycles. The molecule has 0 radical (unpaired) electrons. The number of hydrogen-bond donors (Lipinski definition) is 1. The lowest BCUT2D eigenvalue weighted by molar-refractivity contribution is -0.136. The number of nitriles is 1. The number of ether oxygens (including phenoxy) is 1. The van der Waals surface area contributed by atoms with Gasteiger partial charge in [-0.1, -0.05) is 12.1 Å². The number of benzene rings is 1. The number of piperazine rings is 1. The van der Waals surface area contributed by atoms with Crippen LogP contribution in [-0.2, 0) is 9.59 Å². The number of hydrogen-bond acceptors (Lipinski definition) is 5. The van der Waals surface area contributed by atoms with E-state index >= 15 is 0 Å². The maximum atomic E-state index is 11.2. The van der Waals surface area contributed by atoms with Gasteiger partial charge in [-0.15, -0.1) is 0 Å². The lowest BCUT2D eigenvalue weighted by Gasteiger charge is -2.24. The molecule has 1 aliphatic rings. The van der Waals surface area contributed by atoms with E-state index in [-0.39, 0.29) is 24.9 Å². The van der Waals surface area contributed by atoms with Crippen LogP contribution in [0.5, 0.6) is 5.75 Å². The molecule has 0 spiro atoms. The van der Waals surface area contributed by atoms with Crippen molar-refractivity contribution in [2.45, 2.75) is 0 Å². The molecule has 0 bridgehead atoms. The fraction of sp³-hybridized carbons (Fsp3) is 0.308. The van der Waals surface area contributed by atoms with Crippen LogP contribution in [0.2, 0.25) is 0 Å². The normalized spacial score (nSPS) is 15.7. The van der Waals surface area contributed by atoms with Crippen LogP contribution >= 0.6 is 0 Å². The zero-order chi connectivity index (χ0) is 13.7. The minimum atomic E-state index is -0.298. The Morgan fingerprint density at radius 3 is 2.63 bits per heavy atom. The monoisotopic (exact) mass is 259 g/mol. The maximum Gasteiger partial charge on any atom is 0.240 e. The molecule has 1 N–H and O–H groups in total. The van der Waals surface area contributed by atoms with Gasteiger partial charge in [-0.05, 0) is 12.1 Å². The van der Waals surface area contributed by atoms with E-state index < -0.39 is 0 Å². The van der Waals surface area contributed by atoms with Crippen molar-refractivity contribution in [2.75, 3.05) is 26.2 Å².